The average molecular weight is 108 g/mol. The van der Waals surface area contributed by atoms with E-state index in [0.29, 0.717) is 0 Å². The molecule has 0 saturated heterocycles. The summed E-state index contributed by atoms with van der Waals surface area (Å²) in [6.07, 6.45) is 0.250. The van der Waals surface area contributed by atoms with Crippen LogP contribution in [0.25, 0.3) is 0 Å². The van der Waals surface area contributed by atoms with Crippen LogP contribution in [-0.4, -0.2) is 18.0 Å². The maximum absolute atomic E-state index is 8.58. The monoisotopic (exact) mass is 108 g/mol. The van der Waals surface area contributed by atoms with Crippen molar-refractivity contribution < 1.29 is 14.7 Å². The number of hydrogen-bond acceptors (Lipinski definition) is 3. The average Bonchev–Trinajstić information content (AvgIpc) is 1.39. The van der Waals surface area contributed by atoms with Crippen molar-refractivity contribution in [3.8, 4) is 0 Å². The Bertz CT molecular complexity index is 31.9. The van der Waals surface area contributed by atoms with E-state index in [0.717, 1.165) is 0 Å². The van der Waals surface area contributed by atoms with Gasteiger partial charge in [0, 0.05) is 0 Å². The molecule has 0 aliphatic carbocycles. The van der Waals surface area contributed by atoms with Crippen molar-refractivity contribution >= 4 is 12.9 Å². The second-order valence-electron chi connectivity index (χ2n) is 0.241. The predicted molar refractivity (Wildman–Crippen MR) is 24.0 cm³/mol. The lowest BCUT2D eigenvalue weighted by atomic mass is 11.5. The van der Waals surface area contributed by atoms with Gasteiger partial charge in [0.25, 0.3) is 6.47 Å². The van der Waals surface area contributed by atoms with Gasteiger partial charge in [0.15, 0.2) is 0 Å². The first-order valence-electron chi connectivity index (χ1n) is 1.06. The van der Waals surface area contributed by atoms with Crippen molar-refractivity contribution in [1.82, 2.24) is 6.15 Å². The van der Waals surface area contributed by atoms with E-state index in [9.17, 15) is 0 Å². The Morgan fingerprint density at radius 1 is 1.43 bits per heavy atom. The van der Waals surface area contributed by atoms with Crippen LogP contribution < -0.4 is 11.9 Å². The first-order valence-corrected chi connectivity index (χ1v) is 1.06. The van der Waals surface area contributed by atoms with Gasteiger partial charge in [0.2, 0.25) is 6.41 Å². The van der Waals surface area contributed by atoms with E-state index in [1.807, 2.05) is 0 Å². The molecule has 5 nitrogen and oxygen atoms in total. The van der Waals surface area contributed by atoms with Crippen LogP contribution in [0.4, 0.5) is 0 Å². The largest absolute Gasteiger partial charge is 0.483 e. The summed E-state index contributed by atoms with van der Waals surface area (Å²) in [7, 11) is 0. The summed E-state index contributed by atoms with van der Waals surface area (Å²) in [5, 5.41) is 6.89. The van der Waals surface area contributed by atoms with Crippen LogP contribution in [0.5, 0.6) is 0 Å². The first-order chi connectivity index (χ1) is 2.83. The van der Waals surface area contributed by atoms with Crippen LogP contribution in [0.2, 0.25) is 0 Å². The van der Waals surface area contributed by atoms with E-state index < -0.39 is 0 Å². The van der Waals surface area contributed by atoms with Crippen molar-refractivity contribution in [2.45, 2.75) is 0 Å². The third kappa shape index (κ3) is 34.1. The Labute approximate surface area is 40.7 Å². The molecule has 44 valence electrons. The van der Waals surface area contributed by atoms with Crippen molar-refractivity contribution in [3.05, 3.63) is 0 Å². The summed E-state index contributed by atoms with van der Waals surface area (Å²) >= 11 is 0. The molecule has 0 radical (unpaired) electrons. The molecule has 1 amide bonds. The second-order valence-corrected chi connectivity index (χ2v) is 0.241. The molecule has 0 aliphatic heterocycles. The summed E-state index contributed by atoms with van der Waals surface area (Å²) in [6.45, 7) is -0.250. The van der Waals surface area contributed by atoms with Crippen LogP contribution in [0.15, 0.2) is 0 Å². The van der Waals surface area contributed by atoms with Gasteiger partial charge in [-0.05, 0) is 0 Å². The van der Waals surface area contributed by atoms with E-state index in [2.05, 4.69) is 5.73 Å². The molecule has 0 heterocycles. The molecule has 0 bridgehead atoms. The van der Waals surface area contributed by atoms with Gasteiger partial charge in [-0.3, -0.25) is 9.59 Å². The Kier molecular flexibility index (Phi) is 221. The molecule has 0 atom stereocenters. The highest BCUT2D eigenvalue weighted by Gasteiger charge is 1.22. The molecule has 0 rings (SSSR count). The molecule has 0 saturated carbocycles. The van der Waals surface area contributed by atoms with Crippen LogP contribution >= 0.6 is 0 Å². The summed E-state index contributed by atoms with van der Waals surface area (Å²) in [4.78, 5) is 16.9. The van der Waals surface area contributed by atoms with Crippen molar-refractivity contribution in [2.24, 2.45) is 5.73 Å². The van der Waals surface area contributed by atoms with Gasteiger partial charge in [-0.25, -0.2) is 0 Å². The summed E-state index contributed by atoms with van der Waals surface area (Å²) in [5.41, 5.74) is 4.17. The fraction of sp³-hybridized carbons (Fsp3) is 0. The predicted octanol–water partition coefficient (Wildman–Crippen LogP) is -1.04. The second kappa shape index (κ2) is 92.0. The highest BCUT2D eigenvalue weighted by atomic mass is 16.3. The number of carbonyl (C=O) groups is 2. The lowest BCUT2D eigenvalue weighted by Crippen LogP contribution is -1.82. The van der Waals surface area contributed by atoms with E-state index in [-0.39, 0.29) is 19.0 Å². The van der Waals surface area contributed by atoms with E-state index in [4.69, 9.17) is 14.7 Å². The van der Waals surface area contributed by atoms with Crippen LogP contribution in [0, 0.1) is 0 Å². The van der Waals surface area contributed by atoms with Crippen molar-refractivity contribution in [3.63, 3.8) is 0 Å². The van der Waals surface area contributed by atoms with Crippen LogP contribution in [0.1, 0.15) is 0 Å². The summed E-state index contributed by atoms with van der Waals surface area (Å²) < 4.78 is 0. The first kappa shape index (κ1) is 16.8. The molecule has 0 fully saturated rings. The van der Waals surface area contributed by atoms with Gasteiger partial charge < -0.3 is 17.0 Å². The molecule has 0 spiro atoms. The number of rotatable bonds is 0. The maximum Gasteiger partial charge on any atom is 0.290 e. The molecule has 0 unspecified atom stereocenters. The zero-order valence-electron chi connectivity index (χ0n) is 3.70. The summed E-state index contributed by atoms with van der Waals surface area (Å²) in [5.74, 6) is 0. The molecular weight excluding hydrogens is 100 g/mol. The van der Waals surface area contributed by atoms with Gasteiger partial charge >= 0.3 is 0 Å². The van der Waals surface area contributed by atoms with E-state index in [1.165, 1.54) is 0 Å². The van der Waals surface area contributed by atoms with Gasteiger partial charge in [0.1, 0.15) is 0 Å². The highest BCUT2D eigenvalue weighted by Crippen LogP contribution is 0.966. The Hall–Kier alpha value is -1.10. The fourth-order valence-corrected chi connectivity index (χ4v) is 0. The molecule has 0 aromatic carbocycles. The Morgan fingerprint density at radius 3 is 1.43 bits per heavy atom. The molecule has 0 aromatic rings. The molecule has 0 aromatic heterocycles. The van der Waals surface area contributed by atoms with Crippen LogP contribution in [-0.2, 0) is 9.59 Å². The number of hydrogen-bond donors (Lipinski definition) is 3. The number of carboxylic acid groups (broad SMARTS) is 1. The number of carbonyl (C=O) groups excluding carboxylic acids is 1. The maximum atomic E-state index is 8.58. The third-order valence-corrected chi connectivity index (χ3v) is 0. The quantitative estimate of drug-likeness (QED) is 0.344. The number of amides is 1. The topological polar surface area (TPSA) is 115 Å². The van der Waals surface area contributed by atoms with E-state index in [1.54, 1.807) is 0 Å². The van der Waals surface area contributed by atoms with Crippen molar-refractivity contribution in [2.75, 3.05) is 0 Å². The Balaban J connectivity index is -0.0000000400. The van der Waals surface area contributed by atoms with E-state index >= 15 is 0 Å². The lowest BCUT2D eigenvalue weighted by Gasteiger charge is -1.34. The molecule has 5 heteroatoms. The normalized spacial score (nSPS) is 3.43. The molecule has 0 aliphatic rings. The smallest absolute Gasteiger partial charge is 0.290 e. The standard InChI is InChI=1S/CH3NO.CH2O2.H3N/c2*2-1-3;/h1H,(H2,2,3);1H,(H,2,3);1H3. The minimum atomic E-state index is -0.250. The van der Waals surface area contributed by atoms with Gasteiger partial charge in [0.05, 0.1) is 0 Å². The van der Waals surface area contributed by atoms with Gasteiger partial charge in [-0.1, -0.05) is 0 Å². The third-order valence-electron chi connectivity index (χ3n) is 0. The minimum Gasteiger partial charge on any atom is -0.483 e. The summed E-state index contributed by atoms with van der Waals surface area (Å²) in [6, 6.07) is 0. The minimum absolute atomic E-state index is 0. The van der Waals surface area contributed by atoms with Gasteiger partial charge in [-0.2, -0.15) is 0 Å². The molecule has 7 heavy (non-hydrogen) atoms. The van der Waals surface area contributed by atoms with Crippen molar-refractivity contribution in [1.29, 1.82) is 0 Å². The zero-order valence-corrected chi connectivity index (χ0v) is 3.70. The SMILES string of the molecule is N.NC=O.O=CO. The number of nitrogens with two attached hydrogens (primary N) is 1. The molecular formula is C2H8N2O3. The van der Waals surface area contributed by atoms with Gasteiger partial charge in [-0.15, -0.1) is 0 Å². The zero-order chi connectivity index (χ0) is 5.41. The highest BCUT2D eigenvalue weighted by molar-refractivity contribution is 5.42. The fourth-order valence-electron chi connectivity index (χ4n) is 0. The Morgan fingerprint density at radius 2 is 1.43 bits per heavy atom. The van der Waals surface area contributed by atoms with Crippen LogP contribution in [0.3, 0.4) is 0 Å². The lowest BCUT2D eigenvalue weighted by molar-refractivity contribution is -0.122. The number of primary amides is 1. The molecule has 6 N–H and O–H groups in total.